The molecular weight excluding hydrogens is 282 g/mol. The molecular formula is C18H22ClNO. The van der Waals surface area contributed by atoms with Gasteiger partial charge >= 0.3 is 0 Å². The average Bonchev–Trinajstić information content (AvgIpc) is 2.94. The summed E-state index contributed by atoms with van der Waals surface area (Å²) in [5, 5.41) is 2.10. The normalized spacial score (nSPS) is 25.5. The maximum Gasteiger partial charge on any atom is 0.0702 e. The van der Waals surface area contributed by atoms with Crippen LogP contribution in [0.25, 0.3) is 10.9 Å². The highest BCUT2D eigenvalue weighted by Crippen LogP contribution is 2.43. The van der Waals surface area contributed by atoms with E-state index in [9.17, 15) is 0 Å². The van der Waals surface area contributed by atoms with Gasteiger partial charge in [0.15, 0.2) is 0 Å². The summed E-state index contributed by atoms with van der Waals surface area (Å²) in [5.41, 5.74) is 1.33. The minimum Gasteiger partial charge on any atom is -0.375 e. The topological polar surface area (TPSA) is 14.2 Å². The van der Waals surface area contributed by atoms with Gasteiger partial charge in [-0.05, 0) is 37.8 Å². The van der Waals surface area contributed by atoms with Crippen molar-refractivity contribution in [3.8, 4) is 0 Å². The fourth-order valence-corrected chi connectivity index (χ4v) is 4.54. The molecule has 1 saturated heterocycles. The average molecular weight is 304 g/mol. The van der Waals surface area contributed by atoms with E-state index in [-0.39, 0.29) is 5.60 Å². The Kier molecular flexibility index (Phi) is 3.47. The van der Waals surface area contributed by atoms with Crippen LogP contribution in [0.5, 0.6) is 0 Å². The van der Waals surface area contributed by atoms with E-state index < -0.39 is 0 Å². The van der Waals surface area contributed by atoms with Gasteiger partial charge in [-0.3, -0.25) is 0 Å². The Morgan fingerprint density at radius 2 is 2.00 bits per heavy atom. The molecule has 0 bridgehead atoms. The lowest BCUT2D eigenvalue weighted by Crippen LogP contribution is -2.42. The monoisotopic (exact) mass is 303 g/mol. The fraction of sp³-hybridized carbons (Fsp3) is 0.556. The Bertz CT molecular complexity index is 636. The minimum atomic E-state index is 0.138. The van der Waals surface area contributed by atoms with Crippen LogP contribution < -0.4 is 0 Å². The van der Waals surface area contributed by atoms with Crippen molar-refractivity contribution in [1.82, 2.24) is 4.57 Å². The van der Waals surface area contributed by atoms with Crippen LogP contribution in [-0.4, -0.2) is 16.8 Å². The minimum absolute atomic E-state index is 0.138. The van der Waals surface area contributed by atoms with Crippen LogP contribution in [0.15, 0.2) is 30.5 Å². The number of aromatic nitrogens is 1. The summed E-state index contributed by atoms with van der Waals surface area (Å²) >= 11 is 6.45. The molecule has 1 spiro atoms. The van der Waals surface area contributed by atoms with E-state index >= 15 is 0 Å². The van der Waals surface area contributed by atoms with E-state index in [4.69, 9.17) is 16.3 Å². The van der Waals surface area contributed by atoms with Crippen molar-refractivity contribution in [3.05, 3.63) is 35.5 Å². The third-order valence-electron chi connectivity index (χ3n) is 5.32. The van der Waals surface area contributed by atoms with Crippen LogP contribution in [0.1, 0.15) is 51.0 Å². The third-order valence-corrected chi connectivity index (χ3v) is 5.62. The molecule has 1 aliphatic carbocycles. The van der Waals surface area contributed by atoms with E-state index in [1.54, 1.807) is 0 Å². The third kappa shape index (κ3) is 2.39. The quantitative estimate of drug-likeness (QED) is 0.692. The van der Waals surface area contributed by atoms with Gasteiger partial charge in [-0.15, -0.1) is 0 Å². The number of hydrogen-bond acceptors (Lipinski definition) is 1. The first-order valence-electron chi connectivity index (χ1n) is 8.16. The highest BCUT2D eigenvalue weighted by molar-refractivity contribution is 6.35. The highest BCUT2D eigenvalue weighted by atomic mass is 35.5. The first-order valence-corrected chi connectivity index (χ1v) is 8.54. The van der Waals surface area contributed by atoms with Gasteiger partial charge in [-0.2, -0.15) is 0 Å². The first kappa shape index (κ1) is 13.7. The largest absolute Gasteiger partial charge is 0.375 e. The second-order valence-corrected chi connectivity index (χ2v) is 7.05. The highest BCUT2D eigenvalue weighted by Gasteiger charge is 2.39. The predicted molar refractivity (Wildman–Crippen MR) is 87.0 cm³/mol. The summed E-state index contributed by atoms with van der Waals surface area (Å²) in [6.07, 6.45) is 10.9. The van der Waals surface area contributed by atoms with E-state index in [0.29, 0.717) is 6.04 Å². The molecule has 112 valence electrons. The van der Waals surface area contributed by atoms with E-state index in [1.165, 1.54) is 43.0 Å². The molecule has 2 aliphatic rings. The number of hydrogen-bond donors (Lipinski definition) is 0. The molecule has 21 heavy (non-hydrogen) atoms. The SMILES string of the molecule is Clc1cccc2ccn(C3CCOC4(CCCCC4)C3)c12. The summed E-state index contributed by atoms with van der Waals surface area (Å²) in [5.74, 6) is 0. The second-order valence-electron chi connectivity index (χ2n) is 6.64. The summed E-state index contributed by atoms with van der Waals surface area (Å²) in [6, 6.07) is 8.88. The predicted octanol–water partition coefficient (Wildman–Crippen LogP) is 5.35. The summed E-state index contributed by atoms with van der Waals surface area (Å²) in [6.45, 7) is 0.884. The molecule has 0 amide bonds. The number of halogens is 1. The van der Waals surface area contributed by atoms with E-state index in [2.05, 4.69) is 22.9 Å². The molecule has 2 heterocycles. The van der Waals surface area contributed by atoms with Crippen molar-refractivity contribution in [2.75, 3.05) is 6.61 Å². The van der Waals surface area contributed by atoms with Crippen molar-refractivity contribution < 1.29 is 4.74 Å². The number of ether oxygens (including phenoxy) is 1. The van der Waals surface area contributed by atoms with Gasteiger partial charge in [0.2, 0.25) is 0 Å². The van der Waals surface area contributed by atoms with Gasteiger partial charge in [-0.1, -0.05) is 43.0 Å². The van der Waals surface area contributed by atoms with Crippen molar-refractivity contribution in [3.63, 3.8) is 0 Å². The summed E-state index contributed by atoms with van der Waals surface area (Å²) in [7, 11) is 0. The van der Waals surface area contributed by atoms with Gasteiger partial charge in [0, 0.05) is 24.2 Å². The van der Waals surface area contributed by atoms with Crippen LogP contribution >= 0.6 is 11.6 Å². The Morgan fingerprint density at radius 3 is 2.86 bits per heavy atom. The van der Waals surface area contributed by atoms with Crippen LogP contribution in [0.2, 0.25) is 5.02 Å². The lowest BCUT2D eigenvalue weighted by atomic mass is 9.78. The standard InChI is InChI=1S/C18H22ClNO/c19-16-6-4-5-14-7-11-20(17(14)16)15-8-12-21-18(13-15)9-2-1-3-10-18/h4-7,11,15H,1-3,8-10,12-13H2. The Balaban J connectivity index is 1.68. The molecule has 1 unspecified atom stereocenters. The smallest absolute Gasteiger partial charge is 0.0702 e. The molecule has 1 atom stereocenters. The molecule has 2 fully saturated rings. The van der Waals surface area contributed by atoms with Crippen molar-refractivity contribution in [2.45, 2.75) is 56.6 Å². The fourth-order valence-electron chi connectivity index (χ4n) is 4.26. The lowest BCUT2D eigenvalue weighted by molar-refractivity contribution is -0.113. The van der Waals surface area contributed by atoms with Crippen molar-refractivity contribution in [1.29, 1.82) is 0 Å². The first-order chi connectivity index (χ1) is 10.3. The lowest BCUT2D eigenvalue weighted by Gasteiger charge is -2.44. The van der Waals surface area contributed by atoms with Gasteiger partial charge in [0.05, 0.1) is 16.1 Å². The molecule has 4 rings (SSSR count). The Morgan fingerprint density at radius 1 is 1.14 bits per heavy atom. The number of rotatable bonds is 1. The molecule has 1 aromatic carbocycles. The van der Waals surface area contributed by atoms with Gasteiger partial charge in [0.25, 0.3) is 0 Å². The maximum absolute atomic E-state index is 6.45. The van der Waals surface area contributed by atoms with E-state index in [1.807, 2.05) is 12.1 Å². The van der Waals surface area contributed by atoms with Gasteiger partial charge in [0.1, 0.15) is 0 Å². The molecule has 1 aromatic heterocycles. The zero-order valence-corrected chi connectivity index (χ0v) is 13.1. The van der Waals surface area contributed by atoms with Crippen molar-refractivity contribution >= 4 is 22.5 Å². The second kappa shape index (κ2) is 5.33. The van der Waals surface area contributed by atoms with Crippen LogP contribution in [0, 0.1) is 0 Å². The zero-order valence-electron chi connectivity index (χ0n) is 12.4. The van der Waals surface area contributed by atoms with Crippen LogP contribution in [0.4, 0.5) is 0 Å². The van der Waals surface area contributed by atoms with E-state index in [0.717, 1.165) is 24.5 Å². The number of para-hydroxylation sites is 1. The van der Waals surface area contributed by atoms with Gasteiger partial charge in [-0.25, -0.2) is 0 Å². The summed E-state index contributed by atoms with van der Waals surface area (Å²) in [4.78, 5) is 0. The molecule has 1 saturated carbocycles. The molecule has 2 nitrogen and oxygen atoms in total. The number of fused-ring (bicyclic) bond motifs is 1. The van der Waals surface area contributed by atoms with Crippen LogP contribution in [-0.2, 0) is 4.74 Å². The molecule has 0 N–H and O–H groups in total. The molecule has 0 radical (unpaired) electrons. The summed E-state index contributed by atoms with van der Waals surface area (Å²) < 4.78 is 8.63. The Labute approximate surface area is 131 Å². The zero-order chi connectivity index (χ0) is 14.3. The maximum atomic E-state index is 6.45. The van der Waals surface area contributed by atoms with Gasteiger partial charge < -0.3 is 9.30 Å². The number of nitrogens with zero attached hydrogens (tertiary/aromatic N) is 1. The molecule has 1 aliphatic heterocycles. The molecule has 3 heteroatoms. The van der Waals surface area contributed by atoms with Crippen LogP contribution in [0.3, 0.4) is 0 Å². The Hall–Kier alpha value is -0.990. The molecule has 2 aromatic rings. The van der Waals surface area contributed by atoms with Crippen molar-refractivity contribution in [2.24, 2.45) is 0 Å². The number of benzene rings is 1.